The van der Waals surface area contributed by atoms with Crippen LogP contribution in [0.3, 0.4) is 0 Å². The van der Waals surface area contributed by atoms with Gasteiger partial charge in [0.2, 0.25) is 0 Å². The van der Waals surface area contributed by atoms with Crippen LogP contribution in [0.25, 0.3) is 10.9 Å². The number of aromatic amines is 1. The Morgan fingerprint density at radius 2 is 2.06 bits per heavy atom. The molecule has 3 aromatic rings. The van der Waals surface area contributed by atoms with E-state index in [1.54, 1.807) is 11.8 Å². The molecule has 32 heavy (non-hydrogen) atoms. The standard InChI is InChI=1S/C26H32N4OS/c1-4-18(3)32-25-9-7-6-8-24(25)29-26(31)28-20-10-11-23-21(16-20)22(17-27-23)19-12-14-30(5-2)15-13-19/h6-12,14,16-19,27H,4-5,13,15H2,1-3H3,(H2,28,29,31). The number of carbonyl (C=O) groups is 1. The zero-order valence-electron chi connectivity index (χ0n) is 19.0. The lowest BCUT2D eigenvalue weighted by Gasteiger charge is -2.26. The van der Waals surface area contributed by atoms with E-state index in [2.05, 4.69) is 71.9 Å². The van der Waals surface area contributed by atoms with E-state index >= 15 is 0 Å². The molecule has 0 saturated heterocycles. The maximum atomic E-state index is 12.8. The van der Waals surface area contributed by atoms with E-state index in [4.69, 9.17) is 0 Å². The van der Waals surface area contributed by atoms with Gasteiger partial charge >= 0.3 is 6.03 Å². The summed E-state index contributed by atoms with van der Waals surface area (Å²) in [4.78, 5) is 19.6. The number of thioether (sulfide) groups is 1. The van der Waals surface area contributed by atoms with Crippen LogP contribution in [-0.4, -0.2) is 34.3 Å². The summed E-state index contributed by atoms with van der Waals surface area (Å²) in [5.41, 5.74) is 4.00. The Hall–Kier alpha value is -2.86. The molecule has 168 valence electrons. The molecule has 1 aromatic heterocycles. The van der Waals surface area contributed by atoms with Gasteiger partial charge in [0.25, 0.3) is 0 Å². The Kier molecular flexibility index (Phi) is 7.10. The van der Waals surface area contributed by atoms with Crippen LogP contribution >= 0.6 is 11.8 Å². The van der Waals surface area contributed by atoms with Crippen molar-refractivity contribution in [3.63, 3.8) is 0 Å². The van der Waals surface area contributed by atoms with E-state index in [-0.39, 0.29) is 6.03 Å². The van der Waals surface area contributed by atoms with Crippen LogP contribution < -0.4 is 10.6 Å². The minimum absolute atomic E-state index is 0.227. The molecule has 1 aliphatic rings. The van der Waals surface area contributed by atoms with Gasteiger partial charge in [-0.1, -0.05) is 32.1 Å². The number of rotatable bonds is 7. The van der Waals surface area contributed by atoms with Crippen molar-refractivity contribution in [2.24, 2.45) is 0 Å². The van der Waals surface area contributed by atoms with Crippen LogP contribution in [0.15, 0.2) is 65.8 Å². The van der Waals surface area contributed by atoms with E-state index < -0.39 is 0 Å². The van der Waals surface area contributed by atoms with Gasteiger partial charge in [0.05, 0.1) is 5.69 Å². The summed E-state index contributed by atoms with van der Waals surface area (Å²) in [5.74, 6) is 0.389. The SMILES string of the molecule is CCC(C)Sc1ccccc1NC(=O)Nc1ccc2[nH]cc(C3C=CN(CC)CC3)c2c1. The first kappa shape index (κ1) is 22.3. The summed E-state index contributed by atoms with van der Waals surface area (Å²) in [6.45, 7) is 8.67. The molecule has 6 heteroatoms. The van der Waals surface area contributed by atoms with E-state index in [1.165, 1.54) is 5.56 Å². The molecule has 1 aliphatic heterocycles. The van der Waals surface area contributed by atoms with Crippen molar-refractivity contribution in [2.45, 2.75) is 49.7 Å². The number of urea groups is 1. The van der Waals surface area contributed by atoms with E-state index in [0.29, 0.717) is 11.2 Å². The third-order valence-electron chi connectivity index (χ3n) is 6.07. The molecule has 2 amide bonds. The lowest BCUT2D eigenvalue weighted by Crippen LogP contribution is -2.23. The van der Waals surface area contributed by atoms with Gasteiger partial charge in [-0.25, -0.2) is 4.79 Å². The minimum atomic E-state index is -0.227. The number of fused-ring (bicyclic) bond motifs is 1. The number of nitrogens with one attached hydrogen (secondary N) is 3. The van der Waals surface area contributed by atoms with Gasteiger partial charge < -0.3 is 20.5 Å². The number of carbonyl (C=O) groups excluding carboxylic acids is 1. The van der Waals surface area contributed by atoms with Gasteiger partial charge in [0.1, 0.15) is 0 Å². The van der Waals surface area contributed by atoms with Gasteiger partial charge in [-0.3, -0.25) is 0 Å². The molecule has 0 spiro atoms. The number of amides is 2. The van der Waals surface area contributed by atoms with Gasteiger partial charge in [0, 0.05) is 51.9 Å². The van der Waals surface area contributed by atoms with Crippen LogP contribution in [-0.2, 0) is 0 Å². The maximum Gasteiger partial charge on any atom is 0.323 e. The summed E-state index contributed by atoms with van der Waals surface area (Å²) < 4.78 is 0. The lowest BCUT2D eigenvalue weighted by atomic mass is 9.93. The smallest absolute Gasteiger partial charge is 0.323 e. The molecular formula is C26H32N4OS. The van der Waals surface area contributed by atoms with Crippen molar-refractivity contribution < 1.29 is 4.79 Å². The van der Waals surface area contributed by atoms with Gasteiger partial charge in [-0.05, 0) is 61.9 Å². The number of nitrogens with zero attached hydrogens (tertiary/aromatic N) is 1. The van der Waals surface area contributed by atoms with Crippen LogP contribution in [0, 0.1) is 0 Å². The molecule has 5 nitrogen and oxygen atoms in total. The van der Waals surface area contributed by atoms with Gasteiger partial charge in [-0.15, -0.1) is 11.8 Å². The third-order valence-corrected chi connectivity index (χ3v) is 7.42. The van der Waals surface area contributed by atoms with Crippen molar-refractivity contribution >= 4 is 40.1 Å². The Morgan fingerprint density at radius 3 is 2.81 bits per heavy atom. The van der Waals surface area contributed by atoms with Gasteiger partial charge in [-0.2, -0.15) is 0 Å². The Balaban J connectivity index is 1.49. The van der Waals surface area contributed by atoms with E-state index in [0.717, 1.165) is 53.1 Å². The topological polar surface area (TPSA) is 60.2 Å². The normalized spacial score (nSPS) is 16.8. The number of anilines is 2. The average Bonchev–Trinajstić information content (AvgIpc) is 3.23. The highest BCUT2D eigenvalue weighted by atomic mass is 32.2. The highest BCUT2D eigenvalue weighted by molar-refractivity contribution is 8.00. The van der Waals surface area contributed by atoms with Crippen LogP contribution in [0.1, 0.15) is 45.1 Å². The predicted molar refractivity (Wildman–Crippen MR) is 137 cm³/mol. The largest absolute Gasteiger partial charge is 0.378 e. The summed E-state index contributed by atoms with van der Waals surface area (Å²) in [7, 11) is 0. The van der Waals surface area contributed by atoms with Crippen molar-refractivity contribution in [3.8, 4) is 0 Å². The van der Waals surface area contributed by atoms with E-state index in [1.807, 2.05) is 30.3 Å². The second-order valence-corrected chi connectivity index (χ2v) is 9.76. The number of H-pyrrole nitrogens is 1. The molecule has 2 heterocycles. The minimum Gasteiger partial charge on any atom is -0.378 e. The van der Waals surface area contributed by atoms with Crippen molar-refractivity contribution in [1.29, 1.82) is 0 Å². The summed E-state index contributed by atoms with van der Waals surface area (Å²) in [6, 6.07) is 13.8. The highest BCUT2D eigenvalue weighted by Crippen LogP contribution is 2.34. The van der Waals surface area contributed by atoms with Crippen LogP contribution in [0.5, 0.6) is 0 Å². The van der Waals surface area contributed by atoms with Crippen molar-refractivity contribution in [1.82, 2.24) is 9.88 Å². The van der Waals surface area contributed by atoms with E-state index in [9.17, 15) is 4.79 Å². The number of hydrogen-bond donors (Lipinski definition) is 3. The number of allylic oxidation sites excluding steroid dienone is 1. The Bertz CT molecular complexity index is 1110. The maximum absolute atomic E-state index is 12.8. The second-order valence-electron chi connectivity index (χ2n) is 8.28. The summed E-state index contributed by atoms with van der Waals surface area (Å²) in [6.07, 6.45) is 8.77. The molecule has 0 fully saturated rings. The van der Waals surface area contributed by atoms with Crippen molar-refractivity contribution in [2.75, 3.05) is 23.7 Å². The van der Waals surface area contributed by atoms with Crippen LogP contribution in [0.4, 0.5) is 16.2 Å². The molecule has 0 radical (unpaired) electrons. The first-order valence-electron chi connectivity index (χ1n) is 11.4. The molecule has 4 rings (SSSR count). The second kappa shape index (κ2) is 10.2. The predicted octanol–water partition coefficient (Wildman–Crippen LogP) is 7.03. The number of hydrogen-bond acceptors (Lipinski definition) is 3. The molecule has 2 atom stereocenters. The molecule has 3 N–H and O–H groups in total. The molecule has 0 bridgehead atoms. The zero-order valence-corrected chi connectivity index (χ0v) is 19.8. The number of para-hydroxylation sites is 1. The Morgan fingerprint density at radius 1 is 1.22 bits per heavy atom. The van der Waals surface area contributed by atoms with Gasteiger partial charge in [0.15, 0.2) is 0 Å². The Labute approximate surface area is 194 Å². The van der Waals surface area contributed by atoms with Crippen molar-refractivity contribution in [3.05, 3.63) is 66.5 Å². The average molecular weight is 449 g/mol. The molecule has 2 unspecified atom stereocenters. The zero-order chi connectivity index (χ0) is 22.5. The third kappa shape index (κ3) is 5.13. The molecule has 2 aromatic carbocycles. The molecule has 0 saturated carbocycles. The quantitative estimate of drug-likeness (QED) is 0.340. The lowest BCUT2D eigenvalue weighted by molar-refractivity contribution is 0.262. The fraction of sp³-hybridized carbons (Fsp3) is 0.346. The molecule has 0 aliphatic carbocycles. The summed E-state index contributed by atoms with van der Waals surface area (Å²) >= 11 is 1.78. The highest BCUT2D eigenvalue weighted by Gasteiger charge is 2.18. The van der Waals surface area contributed by atoms with Crippen LogP contribution in [0.2, 0.25) is 0 Å². The first-order valence-corrected chi connectivity index (χ1v) is 12.3. The first-order chi connectivity index (χ1) is 15.6. The number of benzene rings is 2. The monoisotopic (exact) mass is 448 g/mol. The molecular weight excluding hydrogens is 416 g/mol. The fourth-order valence-electron chi connectivity index (χ4n) is 4.01. The number of aromatic nitrogens is 1. The summed E-state index contributed by atoms with van der Waals surface area (Å²) in [5, 5.41) is 7.69. The fourth-order valence-corrected chi connectivity index (χ4v) is 5.01.